The lowest BCUT2D eigenvalue weighted by Gasteiger charge is -2.07. The molecule has 2 rings (SSSR count). The SMILES string of the molecule is Cc1c(Cl)cnn1CCOc1ccc(C#CCO)cc1. The fourth-order valence-corrected chi connectivity index (χ4v) is 1.82. The molecule has 0 aliphatic rings. The molecule has 4 nitrogen and oxygen atoms in total. The van der Waals surface area contributed by atoms with Gasteiger partial charge in [0.05, 0.1) is 23.5 Å². The van der Waals surface area contributed by atoms with E-state index in [9.17, 15) is 0 Å². The van der Waals surface area contributed by atoms with Crippen LogP contribution in [0.1, 0.15) is 11.3 Å². The van der Waals surface area contributed by atoms with Crippen molar-refractivity contribution in [3.05, 3.63) is 46.7 Å². The zero-order chi connectivity index (χ0) is 14.4. The monoisotopic (exact) mass is 290 g/mol. The summed E-state index contributed by atoms with van der Waals surface area (Å²) in [5.74, 6) is 6.20. The largest absolute Gasteiger partial charge is 0.492 e. The van der Waals surface area contributed by atoms with E-state index in [2.05, 4.69) is 16.9 Å². The highest BCUT2D eigenvalue weighted by molar-refractivity contribution is 6.31. The van der Waals surface area contributed by atoms with Crippen molar-refractivity contribution in [3.8, 4) is 17.6 Å². The van der Waals surface area contributed by atoms with Crippen molar-refractivity contribution >= 4 is 11.6 Å². The van der Waals surface area contributed by atoms with Crippen LogP contribution < -0.4 is 4.74 Å². The smallest absolute Gasteiger partial charge is 0.119 e. The Morgan fingerprint density at radius 2 is 2.10 bits per heavy atom. The van der Waals surface area contributed by atoms with Crippen LogP contribution in [-0.2, 0) is 6.54 Å². The summed E-state index contributed by atoms with van der Waals surface area (Å²) in [6.07, 6.45) is 1.63. The summed E-state index contributed by atoms with van der Waals surface area (Å²) in [6, 6.07) is 7.41. The zero-order valence-electron chi connectivity index (χ0n) is 11.1. The molecule has 2 aromatic rings. The van der Waals surface area contributed by atoms with E-state index in [0.717, 1.165) is 17.0 Å². The number of hydrogen-bond donors (Lipinski definition) is 1. The summed E-state index contributed by atoms with van der Waals surface area (Å²) in [7, 11) is 0. The van der Waals surface area contributed by atoms with Gasteiger partial charge in [-0.05, 0) is 31.2 Å². The van der Waals surface area contributed by atoms with E-state index in [0.29, 0.717) is 18.2 Å². The predicted octanol–water partition coefficient (Wildman–Crippen LogP) is 2.27. The first-order valence-corrected chi connectivity index (χ1v) is 6.59. The Morgan fingerprint density at radius 3 is 2.70 bits per heavy atom. The lowest BCUT2D eigenvalue weighted by Crippen LogP contribution is -2.10. The molecular formula is C15H15ClN2O2. The number of halogens is 1. The number of benzene rings is 1. The van der Waals surface area contributed by atoms with E-state index in [1.165, 1.54) is 0 Å². The van der Waals surface area contributed by atoms with Crippen LogP contribution >= 0.6 is 11.6 Å². The van der Waals surface area contributed by atoms with E-state index in [1.54, 1.807) is 6.20 Å². The summed E-state index contributed by atoms with van der Waals surface area (Å²) in [6.45, 7) is 2.94. The molecule has 0 saturated carbocycles. The maximum Gasteiger partial charge on any atom is 0.119 e. The second-order valence-electron chi connectivity index (χ2n) is 4.13. The van der Waals surface area contributed by atoms with Crippen molar-refractivity contribution < 1.29 is 9.84 Å². The molecule has 0 saturated heterocycles. The Bertz CT molecular complexity index is 624. The molecule has 104 valence electrons. The van der Waals surface area contributed by atoms with Gasteiger partial charge in [-0.2, -0.15) is 5.10 Å². The van der Waals surface area contributed by atoms with Gasteiger partial charge in [0.1, 0.15) is 19.0 Å². The fourth-order valence-electron chi connectivity index (χ4n) is 1.68. The Labute approximate surface area is 122 Å². The van der Waals surface area contributed by atoms with Gasteiger partial charge in [-0.15, -0.1) is 0 Å². The highest BCUT2D eigenvalue weighted by Crippen LogP contribution is 2.14. The van der Waals surface area contributed by atoms with Crippen molar-refractivity contribution in [3.63, 3.8) is 0 Å². The molecule has 0 amide bonds. The first-order chi connectivity index (χ1) is 9.70. The van der Waals surface area contributed by atoms with Gasteiger partial charge in [0.15, 0.2) is 0 Å². The Morgan fingerprint density at radius 1 is 1.35 bits per heavy atom. The van der Waals surface area contributed by atoms with Gasteiger partial charge in [0.2, 0.25) is 0 Å². The highest BCUT2D eigenvalue weighted by atomic mass is 35.5. The molecule has 1 aromatic carbocycles. The van der Waals surface area contributed by atoms with Crippen LogP contribution in [0.25, 0.3) is 0 Å². The van der Waals surface area contributed by atoms with E-state index >= 15 is 0 Å². The molecular weight excluding hydrogens is 276 g/mol. The average Bonchev–Trinajstić information content (AvgIpc) is 2.78. The third-order valence-corrected chi connectivity index (χ3v) is 3.15. The maximum atomic E-state index is 8.61. The molecule has 1 aromatic heterocycles. The van der Waals surface area contributed by atoms with Crippen molar-refractivity contribution in [1.29, 1.82) is 0 Å². The van der Waals surface area contributed by atoms with Gasteiger partial charge in [-0.25, -0.2) is 0 Å². The number of nitrogens with zero attached hydrogens (tertiary/aromatic N) is 2. The van der Waals surface area contributed by atoms with E-state index < -0.39 is 0 Å². The second-order valence-corrected chi connectivity index (χ2v) is 4.54. The van der Waals surface area contributed by atoms with Gasteiger partial charge >= 0.3 is 0 Å². The van der Waals surface area contributed by atoms with Crippen LogP contribution in [0.15, 0.2) is 30.5 Å². The number of aliphatic hydroxyl groups excluding tert-OH is 1. The first kappa shape index (κ1) is 14.4. The zero-order valence-corrected chi connectivity index (χ0v) is 11.9. The predicted molar refractivity (Wildman–Crippen MR) is 77.9 cm³/mol. The summed E-state index contributed by atoms with van der Waals surface area (Å²) in [5.41, 5.74) is 1.78. The Balaban J connectivity index is 1.86. The third kappa shape index (κ3) is 3.77. The molecule has 0 radical (unpaired) electrons. The lowest BCUT2D eigenvalue weighted by molar-refractivity contribution is 0.290. The van der Waals surface area contributed by atoms with Crippen LogP contribution in [-0.4, -0.2) is 28.1 Å². The molecule has 0 aliphatic carbocycles. The quantitative estimate of drug-likeness (QED) is 0.879. The number of aromatic nitrogens is 2. The van der Waals surface area contributed by atoms with Gasteiger partial charge in [-0.1, -0.05) is 23.4 Å². The minimum Gasteiger partial charge on any atom is -0.492 e. The van der Waals surface area contributed by atoms with Crippen LogP contribution in [0, 0.1) is 18.8 Å². The normalized spacial score (nSPS) is 9.95. The molecule has 0 spiro atoms. The summed E-state index contributed by atoms with van der Waals surface area (Å²) in [5, 5.41) is 13.4. The molecule has 20 heavy (non-hydrogen) atoms. The average molecular weight is 291 g/mol. The van der Waals surface area contributed by atoms with Crippen LogP contribution in [0.4, 0.5) is 0 Å². The summed E-state index contributed by atoms with van der Waals surface area (Å²) < 4.78 is 7.44. The van der Waals surface area contributed by atoms with Crippen molar-refractivity contribution in [2.45, 2.75) is 13.5 Å². The summed E-state index contributed by atoms with van der Waals surface area (Å²) >= 11 is 5.93. The molecule has 0 unspecified atom stereocenters. The van der Waals surface area contributed by atoms with Crippen molar-refractivity contribution in [2.24, 2.45) is 0 Å². The molecule has 0 fully saturated rings. The number of rotatable bonds is 4. The fraction of sp³-hybridized carbons (Fsp3) is 0.267. The molecule has 1 N–H and O–H groups in total. The number of ether oxygens (including phenoxy) is 1. The highest BCUT2D eigenvalue weighted by Gasteiger charge is 2.03. The van der Waals surface area contributed by atoms with E-state index in [4.69, 9.17) is 21.4 Å². The number of hydrogen-bond acceptors (Lipinski definition) is 3. The third-order valence-electron chi connectivity index (χ3n) is 2.78. The van der Waals surface area contributed by atoms with Crippen LogP contribution in [0.2, 0.25) is 5.02 Å². The molecule has 1 heterocycles. The summed E-state index contributed by atoms with van der Waals surface area (Å²) in [4.78, 5) is 0. The minimum absolute atomic E-state index is 0.135. The maximum absolute atomic E-state index is 8.61. The van der Waals surface area contributed by atoms with Gasteiger partial charge in [0.25, 0.3) is 0 Å². The first-order valence-electron chi connectivity index (χ1n) is 6.21. The van der Waals surface area contributed by atoms with E-state index in [1.807, 2.05) is 35.9 Å². The van der Waals surface area contributed by atoms with E-state index in [-0.39, 0.29) is 6.61 Å². The Kier molecular flexibility index (Phi) is 5.05. The van der Waals surface area contributed by atoms with Crippen molar-refractivity contribution in [2.75, 3.05) is 13.2 Å². The number of aliphatic hydroxyl groups is 1. The molecule has 5 heteroatoms. The topological polar surface area (TPSA) is 47.3 Å². The molecule has 0 atom stereocenters. The van der Waals surface area contributed by atoms with Gasteiger partial charge in [0, 0.05) is 5.56 Å². The van der Waals surface area contributed by atoms with Crippen molar-refractivity contribution in [1.82, 2.24) is 9.78 Å². The second kappa shape index (κ2) is 6.99. The standard InChI is InChI=1S/C15H15ClN2O2/c1-12-15(16)11-17-18(12)8-10-20-14-6-4-13(5-7-14)3-2-9-19/h4-7,11,19H,8-10H2,1H3. The molecule has 0 aliphatic heterocycles. The van der Waals surface area contributed by atoms with Crippen LogP contribution in [0.5, 0.6) is 5.75 Å². The van der Waals surface area contributed by atoms with Crippen LogP contribution in [0.3, 0.4) is 0 Å². The van der Waals surface area contributed by atoms with Gasteiger partial charge < -0.3 is 9.84 Å². The van der Waals surface area contributed by atoms with Gasteiger partial charge in [-0.3, -0.25) is 4.68 Å². The lowest BCUT2D eigenvalue weighted by atomic mass is 10.2. The minimum atomic E-state index is -0.135. The Hall–Kier alpha value is -1.96. The molecule has 0 bridgehead atoms.